The molecule has 0 unspecified atom stereocenters. The van der Waals surface area contributed by atoms with Crippen molar-refractivity contribution in [2.75, 3.05) is 7.11 Å². The molecule has 2 aromatic rings. The Labute approximate surface area is 140 Å². The van der Waals surface area contributed by atoms with Gasteiger partial charge in [-0.2, -0.15) is 5.10 Å². The molecule has 6 nitrogen and oxygen atoms in total. The van der Waals surface area contributed by atoms with Crippen LogP contribution in [0.15, 0.2) is 41.2 Å². The number of benzene rings is 1. The Bertz CT molecular complexity index is 762. The molecule has 0 atom stereocenters. The Kier molecular flexibility index (Phi) is 4.93. The quantitative estimate of drug-likeness (QED) is 0.911. The average molecular weight is 327 g/mol. The second-order valence-corrected chi connectivity index (χ2v) is 5.99. The van der Waals surface area contributed by atoms with Crippen LogP contribution < -0.4 is 15.6 Å². The largest absolute Gasteiger partial charge is 0.497 e. The van der Waals surface area contributed by atoms with E-state index in [1.807, 2.05) is 24.3 Å². The summed E-state index contributed by atoms with van der Waals surface area (Å²) in [7, 11) is 1.61. The summed E-state index contributed by atoms with van der Waals surface area (Å²) < 4.78 is 6.35. The van der Waals surface area contributed by atoms with E-state index in [-0.39, 0.29) is 24.1 Å². The minimum absolute atomic E-state index is 0.0562. The molecule has 0 saturated heterocycles. The Hall–Kier alpha value is -2.63. The molecule has 126 valence electrons. The summed E-state index contributed by atoms with van der Waals surface area (Å²) in [4.78, 5) is 24.1. The summed E-state index contributed by atoms with van der Waals surface area (Å²) in [5, 5.41) is 7.29. The maximum absolute atomic E-state index is 12.1. The van der Waals surface area contributed by atoms with E-state index >= 15 is 0 Å². The maximum Gasteiger partial charge on any atom is 0.267 e. The zero-order chi connectivity index (χ0) is 16.9. The van der Waals surface area contributed by atoms with Crippen LogP contribution in [0.1, 0.15) is 25.7 Å². The first-order valence-corrected chi connectivity index (χ1v) is 8.17. The first-order chi connectivity index (χ1) is 11.7. The molecule has 0 aliphatic heterocycles. The molecule has 1 aliphatic carbocycles. The lowest BCUT2D eigenvalue weighted by Crippen LogP contribution is -2.38. The zero-order valence-electron chi connectivity index (χ0n) is 13.7. The fourth-order valence-electron chi connectivity index (χ4n) is 2.96. The Morgan fingerprint density at radius 2 is 1.92 bits per heavy atom. The van der Waals surface area contributed by atoms with Crippen LogP contribution in [0.4, 0.5) is 0 Å². The summed E-state index contributed by atoms with van der Waals surface area (Å²) in [5.74, 6) is 0.589. The number of rotatable bonds is 5. The van der Waals surface area contributed by atoms with Gasteiger partial charge in [-0.15, -0.1) is 0 Å². The molecule has 1 aromatic heterocycles. The monoisotopic (exact) mass is 327 g/mol. The second-order valence-electron chi connectivity index (χ2n) is 5.99. The van der Waals surface area contributed by atoms with Gasteiger partial charge in [-0.1, -0.05) is 12.8 Å². The van der Waals surface area contributed by atoms with Crippen molar-refractivity contribution in [3.05, 3.63) is 46.8 Å². The van der Waals surface area contributed by atoms with Crippen LogP contribution in [0.5, 0.6) is 5.75 Å². The van der Waals surface area contributed by atoms with Crippen LogP contribution in [0.3, 0.4) is 0 Å². The fourth-order valence-corrected chi connectivity index (χ4v) is 2.96. The maximum atomic E-state index is 12.1. The molecule has 1 aromatic carbocycles. The third kappa shape index (κ3) is 3.82. The van der Waals surface area contributed by atoms with Crippen molar-refractivity contribution in [1.29, 1.82) is 0 Å². The third-order valence-corrected chi connectivity index (χ3v) is 4.27. The van der Waals surface area contributed by atoms with E-state index in [1.54, 1.807) is 13.2 Å². The number of methoxy groups -OCH3 is 1. The highest BCUT2D eigenvalue weighted by Gasteiger charge is 2.17. The van der Waals surface area contributed by atoms with E-state index < -0.39 is 0 Å². The normalized spacial score (nSPS) is 14.5. The van der Waals surface area contributed by atoms with Crippen molar-refractivity contribution >= 4 is 5.91 Å². The molecule has 1 heterocycles. The first kappa shape index (κ1) is 16.2. The van der Waals surface area contributed by atoms with Gasteiger partial charge in [0.1, 0.15) is 12.3 Å². The molecule has 0 bridgehead atoms. The van der Waals surface area contributed by atoms with E-state index in [4.69, 9.17) is 4.74 Å². The number of carbonyl (C=O) groups excluding carboxylic acids is 1. The topological polar surface area (TPSA) is 73.2 Å². The molecular formula is C18H21N3O3. The van der Waals surface area contributed by atoms with E-state index in [0.717, 1.165) is 37.0 Å². The van der Waals surface area contributed by atoms with Gasteiger partial charge in [0, 0.05) is 17.7 Å². The van der Waals surface area contributed by atoms with Gasteiger partial charge in [0.05, 0.1) is 12.8 Å². The number of carbonyl (C=O) groups is 1. The van der Waals surface area contributed by atoms with Gasteiger partial charge >= 0.3 is 0 Å². The van der Waals surface area contributed by atoms with Gasteiger partial charge in [0.2, 0.25) is 5.91 Å². The summed E-state index contributed by atoms with van der Waals surface area (Å²) >= 11 is 0. The Morgan fingerprint density at radius 3 is 2.58 bits per heavy atom. The van der Waals surface area contributed by atoms with Crippen molar-refractivity contribution in [3.63, 3.8) is 0 Å². The van der Waals surface area contributed by atoms with E-state index in [1.165, 1.54) is 10.7 Å². The van der Waals surface area contributed by atoms with E-state index in [9.17, 15) is 9.59 Å². The van der Waals surface area contributed by atoms with Gasteiger partial charge < -0.3 is 10.1 Å². The van der Waals surface area contributed by atoms with Crippen LogP contribution >= 0.6 is 0 Å². The standard InChI is InChI=1S/C18H21N3O3/c1-24-15-8-6-13(7-9-15)16-10-11-18(23)21(20-16)12-17(22)19-14-4-2-3-5-14/h6-11,14H,2-5,12H2,1H3,(H,19,22). The third-order valence-electron chi connectivity index (χ3n) is 4.27. The molecule has 1 amide bonds. The zero-order valence-corrected chi connectivity index (χ0v) is 13.7. The molecule has 1 fully saturated rings. The summed E-state index contributed by atoms with van der Waals surface area (Å²) in [6.07, 6.45) is 4.33. The molecule has 24 heavy (non-hydrogen) atoms. The SMILES string of the molecule is COc1ccc(-c2ccc(=O)n(CC(=O)NC3CCCC3)n2)cc1. The number of nitrogens with one attached hydrogen (secondary N) is 1. The predicted molar refractivity (Wildman–Crippen MR) is 90.9 cm³/mol. The number of amides is 1. The molecular weight excluding hydrogens is 306 g/mol. The minimum Gasteiger partial charge on any atom is -0.497 e. The Balaban J connectivity index is 1.75. The Morgan fingerprint density at radius 1 is 1.21 bits per heavy atom. The predicted octanol–water partition coefficient (Wildman–Crippen LogP) is 1.98. The molecule has 0 radical (unpaired) electrons. The second kappa shape index (κ2) is 7.29. The lowest BCUT2D eigenvalue weighted by molar-refractivity contribution is -0.122. The van der Waals surface area contributed by atoms with Gasteiger partial charge in [0.15, 0.2) is 0 Å². The summed E-state index contributed by atoms with van der Waals surface area (Å²) in [6, 6.07) is 10.7. The van der Waals surface area contributed by atoms with Crippen LogP contribution in [-0.4, -0.2) is 28.8 Å². The highest BCUT2D eigenvalue weighted by atomic mass is 16.5. The van der Waals surface area contributed by atoms with Crippen molar-refractivity contribution in [2.24, 2.45) is 0 Å². The van der Waals surface area contributed by atoms with Crippen molar-refractivity contribution in [2.45, 2.75) is 38.3 Å². The lowest BCUT2D eigenvalue weighted by atomic mass is 10.1. The van der Waals surface area contributed by atoms with Crippen LogP contribution in [0.2, 0.25) is 0 Å². The highest BCUT2D eigenvalue weighted by Crippen LogP contribution is 2.19. The van der Waals surface area contributed by atoms with Crippen LogP contribution in [0.25, 0.3) is 11.3 Å². The molecule has 6 heteroatoms. The first-order valence-electron chi connectivity index (χ1n) is 8.17. The molecule has 1 saturated carbocycles. The fraction of sp³-hybridized carbons (Fsp3) is 0.389. The summed E-state index contributed by atoms with van der Waals surface area (Å²) in [5.41, 5.74) is 1.22. The molecule has 3 rings (SSSR count). The molecule has 0 spiro atoms. The number of nitrogens with zero attached hydrogens (tertiary/aromatic N) is 2. The molecule has 1 N–H and O–H groups in total. The summed E-state index contributed by atoms with van der Waals surface area (Å²) in [6.45, 7) is -0.0562. The van der Waals surface area contributed by atoms with Crippen molar-refractivity contribution in [1.82, 2.24) is 15.1 Å². The highest BCUT2D eigenvalue weighted by molar-refractivity contribution is 5.76. The van der Waals surface area contributed by atoms with Crippen molar-refractivity contribution < 1.29 is 9.53 Å². The van der Waals surface area contributed by atoms with Gasteiger partial charge in [0.25, 0.3) is 5.56 Å². The number of ether oxygens (including phenoxy) is 1. The molecule has 1 aliphatic rings. The van der Waals surface area contributed by atoms with Gasteiger partial charge in [-0.3, -0.25) is 9.59 Å². The smallest absolute Gasteiger partial charge is 0.267 e. The number of hydrogen-bond donors (Lipinski definition) is 1. The van der Waals surface area contributed by atoms with Crippen molar-refractivity contribution in [3.8, 4) is 17.0 Å². The van der Waals surface area contributed by atoms with Crippen LogP contribution in [-0.2, 0) is 11.3 Å². The van der Waals surface area contributed by atoms with Gasteiger partial charge in [-0.25, -0.2) is 4.68 Å². The van der Waals surface area contributed by atoms with E-state index in [0.29, 0.717) is 5.69 Å². The minimum atomic E-state index is -0.283. The lowest BCUT2D eigenvalue weighted by Gasteiger charge is -2.12. The van der Waals surface area contributed by atoms with Crippen LogP contribution in [0, 0.1) is 0 Å². The van der Waals surface area contributed by atoms with E-state index in [2.05, 4.69) is 10.4 Å². The number of hydrogen-bond acceptors (Lipinski definition) is 4. The average Bonchev–Trinajstić information content (AvgIpc) is 3.10. The number of aromatic nitrogens is 2. The van der Waals surface area contributed by atoms with Gasteiger partial charge in [-0.05, 0) is 43.2 Å².